The smallest absolute Gasteiger partial charge is 0.255 e. The van der Waals surface area contributed by atoms with E-state index >= 15 is 0 Å². The molecule has 1 aliphatic heterocycles. The first-order chi connectivity index (χ1) is 16.8. The Balaban J connectivity index is 1.39. The van der Waals surface area contributed by atoms with Crippen LogP contribution in [0.2, 0.25) is 0 Å². The number of nitrogens with zero attached hydrogens (tertiary/aromatic N) is 4. The molecule has 0 fully saturated rings. The van der Waals surface area contributed by atoms with E-state index in [0.717, 1.165) is 12.2 Å². The number of carbonyl (C=O) groups excluding carboxylic acids is 1. The number of pyridine rings is 1. The van der Waals surface area contributed by atoms with Gasteiger partial charge >= 0.3 is 0 Å². The van der Waals surface area contributed by atoms with E-state index in [4.69, 9.17) is 0 Å². The lowest BCUT2D eigenvalue weighted by Crippen LogP contribution is -2.24. The van der Waals surface area contributed by atoms with Gasteiger partial charge in [0.05, 0.1) is 11.4 Å². The molecule has 3 heterocycles. The normalized spacial score (nSPS) is 13.9. The zero-order chi connectivity index (χ0) is 24.6. The Hall–Kier alpha value is -4.33. The summed E-state index contributed by atoms with van der Waals surface area (Å²) in [6.45, 7) is 5.33. The molecular weight excluding hydrogens is 443 g/mol. The Kier molecular flexibility index (Phi) is 5.64. The molecule has 0 spiro atoms. The molecule has 2 aromatic heterocycles. The van der Waals surface area contributed by atoms with Crippen molar-refractivity contribution in [3.63, 3.8) is 0 Å². The third kappa shape index (κ3) is 4.42. The molecular formula is C27H25FN6O. The second-order valence-electron chi connectivity index (χ2n) is 9.24. The van der Waals surface area contributed by atoms with Gasteiger partial charge in [-0.15, -0.1) is 0 Å². The summed E-state index contributed by atoms with van der Waals surface area (Å²) < 4.78 is 14.7. The molecule has 5 rings (SSSR count). The van der Waals surface area contributed by atoms with E-state index in [2.05, 4.69) is 50.4 Å². The van der Waals surface area contributed by atoms with Crippen LogP contribution >= 0.6 is 0 Å². The van der Waals surface area contributed by atoms with E-state index in [0.29, 0.717) is 28.3 Å². The molecule has 8 heteroatoms. The van der Waals surface area contributed by atoms with E-state index in [9.17, 15) is 9.18 Å². The first-order valence-corrected chi connectivity index (χ1v) is 11.3. The Morgan fingerprint density at radius 2 is 1.91 bits per heavy atom. The van der Waals surface area contributed by atoms with Gasteiger partial charge in [0.2, 0.25) is 0 Å². The molecule has 1 amide bonds. The minimum atomic E-state index is -0.498. The number of halogens is 1. The highest BCUT2D eigenvalue weighted by Crippen LogP contribution is 2.41. The predicted molar refractivity (Wildman–Crippen MR) is 136 cm³/mol. The second kappa shape index (κ2) is 8.79. The van der Waals surface area contributed by atoms with E-state index in [1.807, 2.05) is 25.2 Å². The van der Waals surface area contributed by atoms with Gasteiger partial charge in [-0.05, 0) is 54.1 Å². The van der Waals surface area contributed by atoms with Crippen molar-refractivity contribution in [3.8, 4) is 11.3 Å². The molecule has 35 heavy (non-hydrogen) atoms. The number of hydrogen-bond acceptors (Lipinski definition) is 6. The van der Waals surface area contributed by atoms with E-state index in [-0.39, 0.29) is 17.0 Å². The summed E-state index contributed by atoms with van der Waals surface area (Å²) in [7, 11) is 2.05. The predicted octanol–water partition coefficient (Wildman–Crippen LogP) is 5.40. The highest BCUT2D eigenvalue weighted by molar-refractivity contribution is 6.05. The molecule has 2 aromatic carbocycles. The molecule has 7 nitrogen and oxygen atoms in total. The maximum absolute atomic E-state index is 14.7. The first kappa shape index (κ1) is 22.5. The summed E-state index contributed by atoms with van der Waals surface area (Å²) in [4.78, 5) is 27.7. The lowest BCUT2D eigenvalue weighted by molar-refractivity contribution is 0.102. The molecule has 0 bridgehead atoms. The molecule has 4 aromatic rings. The largest absolute Gasteiger partial charge is 0.373 e. The number of nitrogens with one attached hydrogen (secondary N) is 2. The zero-order valence-electron chi connectivity index (χ0n) is 19.7. The van der Waals surface area contributed by atoms with Gasteiger partial charge in [0, 0.05) is 53.9 Å². The fourth-order valence-electron chi connectivity index (χ4n) is 4.52. The molecule has 176 valence electrons. The topological polar surface area (TPSA) is 83.0 Å². The van der Waals surface area contributed by atoms with E-state index < -0.39 is 5.82 Å². The fourth-order valence-corrected chi connectivity index (χ4v) is 4.52. The van der Waals surface area contributed by atoms with Gasteiger partial charge < -0.3 is 15.5 Å². The van der Waals surface area contributed by atoms with Crippen LogP contribution in [0, 0.1) is 5.82 Å². The summed E-state index contributed by atoms with van der Waals surface area (Å²) in [5.41, 5.74) is 4.89. The van der Waals surface area contributed by atoms with Crippen LogP contribution in [-0.2, 0) is 5.41 Å². The van der Waals surface area contributed by atoms with Crippen LogP contribution in [0.1, 0.15) is 29.8 Å². The van der Waals surface area contributed by atoms with Crippen LogP contribution in [0.15, 0.2) is 73.3 Å². The molecule has 0 unspecified atom stereocenters. The number of aromatic nitrogens is 3. The maximum Gasteiger partial charge on any atom is 0.255 e. The van der Waals surface area contributed by atoms with Crippen molar-refractivity contribution >= 4 is 28.8 Å². The van der Waals surface area contributed by atoms with Crippen molar-refractivity contribution < 1.29 is 9.18 Å². The molecule has 0 saturated carbocycles. The Morgan fingerprint density at radius 3 is 2.71 bits per heavy atom. The minimum absolute atomic E-state index is 0.0558. The summed E-state index contributed by atoms with van der Waals surface area (Å²) in [6, 6.07) is 15.5. The van der Waals surface area contributed by atoms with E-state index in [1.54, 1.807) is 24.5 Å². The first-order valence-electron chi connectivity index (χ1n) is 11.3. The van der Waals surface area contributed by atoms with Crippen LogP contribution in [0.4, 0.5) is 27.3 Å². The number of fused-ring (bicyclic) bond motifs is 1. The summed E-state index contributed by atoms with van der Waals surface area (Å²) >= 11 is 0. The summed E-state index contributed by atoms with van der Waals surface area (Å²) in [6.07, 6.45) is 4.67. The summed E-state index contributed by atoms with van der Waals surface area (Å²) in [5, 5.41) is 5.95. The van der Waals surface area contributed by atoms with Gasteiger partial charge in [0.15, 0.2) is 0 Å². The van der Waals surface area contributed by atoms with Crippen molar-refractivity contribution in [1.29, 1.82) is 0 Å². The van der Waals surface area contributed by atoms with Crippen molar-refractivity contribution in [2.45, 2.75) is 19.3 Å². The number of carbonyl (C=O) groups is 1. The summed E-state index contributed by atoms with van der Waals surface area (Å²) in [5.74, 6) is -0.404. The molecule has 0 saturated heterocycles. The molecule has 0 aliphatic carbocycles. The van der Waals surface area contributed by atoms with Crippen molar-refractivity contribution in [1.82, 2.24) is 15.0 Å². The average Bonchev–Trinajstić information content (AvgIpc) is 3.08. The van der Waals surface area contributed by atoms with Crippen LogP contribution in [-0.4, -0.2) is 34.5 Å². The van der Waals surface area contributed by atoms with Crippen molar-refractivity contribution in [2.75, 3.05) is 29.1 Å². The minimum Gasteiger partial charge on any atom is -0.373 e. The van der Waals surface area contributed by atoms with Crippen LogP contribution < -0.4 is 15.5 Å². The third-order valence-corrected chi connectivity index (χ3v) is 6.18. The van der Waals surface area contributed by atoms with Gasteiger partial charge in [-0.2, -0.15) is 0 Å². The standard InChI is InChI=1S/C27H25FN6O/c1-27(2)15-34(3)24-14-18(7-8-20(24)27)32-26(35)17-6-9-21(28)23(13-17)33-25-19(5-4-11-30-25)22-10-12-29-16-31-22/h4-14,16H,15H2,1-3H3,(H,30,33)(H,32,35). The van der Waals surface area contributed by atoms with E-state index in [1.165, 1.54) is 30.1 Å². The van der Waals surface area contributed by atoms with Crippen LogP contribution in [0.25, 0.3) is 11.3 Å². The average molecular weight is 469 g/mol. The van der Waals surface area contributed by atoms with Gasteiger partial charge in [0.1, 0.15) is 18.0 Å². The highest BCUT2D eigenvalue weighted by atomic mass is 19.1. The second-order valence-corrected chi connectivity index (χ2v) is 9.24. The zero-order valence-corrected chi connectivity index (χ0v) is 19.7. The highest BCUT2D eigenvalue weighted by Gasteiger charge is 2.33. The van der Waals surface area contributed by atoms with Crippen LogP contribution in [0.3, 0.4) is 0 Å². The third-order valence-electron chi connectivity index (χ3n) is 6.18. The monoisotopic (exact) mass is 468 g/mol. The number of anilines is 4. The van der Waals surface area contributed by atoms with Gasteiger partial charge in [0.25, 0.3) is 5.91 Å². The number of amides is 1. The lowest BCUT2D eigenvalue weighted by atomic mass is 9.87. The Bertz CT molecular complexity index is 1410. The van der Waals surface area contributed by atoms with Gasteiger partial charge in [-0.25, -0.2) is 19.3 Å². The fraction of sp³-hybridized carbons (Fsp3) is 0.185. The number of hydrogen-bond donors (Lipinski definition) is 2. The quantitative estimate of drug-likeness (QED) is 0.408. The van der Waals surface area contributed by atoms with Crippen molar-refractivity contribution in [2.24, 2.45) is 0 Å². The molecule has 1 aliphatic rings. The molecule has 2 N–H and O–H groups in total. The Morgan fingerprint density at radius 1 is 1.06 bits per heavy atom. The number of likely N-dealkylation sites (N-methyl/N-ethyl adjacent to an activating group) is 1. The number of rotatable bonds is 5. The lowest BCUT2D eigenvalue weighted by Gasteiger charge is -2.18. The molecule has 0 atom stereocenters. The van der Waals surface area contributed by atoms with Gasteiger partial charge in [-0.1, -0.05) is 19.9 Å². The maximum atomic E-state index is 14.7. The number of benzene rings is 2. The van der Waals surface area contributed by atoms with Crippen molar-refractivity contribution in [3.05, 3.63) is 90.3 Å². The molecule has 0 radical (unpaired) electrons. The SMILES string of the molecule is CN1CC(C)(C)c2ccc(NC(=O)c3ccc(F)c(Nc4ncccc4-c4ccncn4)c3)cc21. The van der Waals surface area contributed by atoms with Gasteiger partial charge in [-0.3, -0.25) is 4.79 Å². The Labute approximate surface area is 203 Å². The van der Waals surface area contributed by atoms with Crippen LogP contribution in [0.5, 0.6) is 0 Å².